The van der Waals surface area contributed by atoms with E-state index in [2.05, 4.69) is 25.7 Å². The molecule has 0 aliphatic carbocycles. The molecule has 0 radical (unpaired) electrons. The number of rotatable bonds is 4. The number of nitrogens with one attached hydrogen (secondary N) is 1. The standard InChI is InChI=1S/C16H22N4/c1-5-16(2,3)20(4)15-12(14(17)18)10-11-8-6-7-9-13(11)19-15/h6-10H,5H2,1-4H3,(H3,17,18). The smallest absolute Gasteiger partial charge is 0.140 e. The molecular formula is C16H22N4. The van der Waals surface area contributed by atoms with Gasteiger partial charge in [0, 0.05) is 18.0 Å². The molecular weight excluding hydrogens is 248 g/mol. The van der Waals surface area contributed by atoms with Crippen molar-refractivity contribution in [1.82, 2.24) is 4.98 Å². The number of hydrogen-bond acceptors (Lipinski definition) is 3. The highest BCUT2D eigenvalue weighted by molar-refractivity contribution is 6.03. The lowest BCUT2D eigenvalue weighted by Crippen LogP contribution is -2.42. The molecule has 0 spiro atoms. The zero-order valence-electron chi connectivity index (χ0n) is 12.6. The van der Waals surface area contributed by atoms with E-state index in [9.17, 15) is 0 Å². The maximum atomic E-state index is 7.82. The highest BCUT2D eigenvalue weighted by Gasteiger charge is 2.25. The Kier molecular flexibility index (Phi) is 3.66. The van der Waals surface area contributed by atoms with E-state index >= 15 is 0 Å². The summed E-state index contributed by atoms with van der Waals surface area (Å²) < 4.78 is 0. The molecule has 1 aromatic carbocycles. The first-order chi connectivity index (χ1) is 9.36. The lowest BCUT2D eigenvalue weighted by Gasteiger charge is -2.37. The summed E-state index contributed by atoms with van der Waals surface area (Å²) in [7, 11) is 2.01. The Balaban J connectivity index is 2.67. The maximum absolute atomic E-state index is 7.82. The van der Waals surface area contributed by atoms with E-state index in [-0.39, 0.29) is 11.4 Å². The van der Waals surface area contributed by atoms with E-state index in [0.717, 1.165) is 23.1 Å². The third-order valence-electron chi connectivity index (χ3n) is 4.08. The van der Waals surface area contributed by atoms with Gasteiger partial charge in [-0.05, 0) is 32.4 Å². The fourth-order valence-electron chi connectivity index (χ4n) is 2.08. The highest BCUT2D eigenvalue weighted by Crippen LogP contribution is 2.28. The van der Waals surface area contributed by atoms with Crippen LogP contribution in [-0.2, 0) is 0 Å². The number of benzene rings is 1. The Bertz CT molecular complexity index is 646. The van der Waals surface area contributed by atoms with Gasteiger partial charge in [-0.2, -0.15) is 0 Å². The molecule has 0 fully saturated rings. The normalized spacial score (nSPS) is 11.6. The van der Waals surface area contributed by atoms with Gasteiger partial charge in [-0.15, -0.1) is 0 Å². The third-order valence-corrected chi connectivity index (χ3v) is 4.08. The van der Waals surface area contributed by atoms with Gasteiger partial charge in [0.05, 0.1) is 11.1 Å². The van der Waals surface area contributed by atoms with Crippen molar-refractivity contribution < 1.29 is 0 Å². The van der Waals surface area contributed by atoms with E-state index in [1.165, 1.54) is 0 Å². The first kappa shape index (κ1) is 14.3. The summed E-state index contributed by atoms with van der Waals surface area (Å²) in [5.74, 6) is 0.819. The van der Waals surface area contributed by atoms with Crippen molar-refractivity contribution in [3.63, 3.8) is 0 Å². The molecule has 0 bridgehead atoms. The second kappa shape index (κ2) is 5.12. The van der Waals surface area contributed by atoms with E-state index in [1.54, 1.807) is 0 Å². The number of fused-ring (bicyclic) bond motifs is 1. The minimum absolute atomic E-state index is 0.0420. The number of para-hydroxylation sites is 1. The van der Waals surface area contributed by atoms with Gasteiger partial charge in [0.15, 0.2) is 0 Å². The summed E-state index contributed by atoms with van der Waals surface area (Å²) in [5.41, 5.74) is 7.31. The van der Waals surface area contributed by atoms with Gasteiger partial charge in [0.1, 0.15) is 11.7 Å². The van der Waals surface area contributed by atoms with E-state index in [1.807, 2.05) is 37.4 Å². The minimum Gasteiger partial charge on any atom is -0.384 e. The first-order valence-corrected chi connectivity index (χ1v) is 6.85. The van der Waals surface area contributed by atoms with E-state index in [4.69, 9.17) is 16.1 Å². The Labute approximate surface area is 120 Å². The maximum Gasteiger partial charge on any atom is 0.140 e. The number of aromatic nitrogens is 1. The number of nitrogen functional groups attached to an aromatic ring is 1. The van der Waals surface area contributed by atoms with Crippen molar-refractivity contribution >= 4 is 22.6 Å². The zero-order chi connectivity index (χ0) is 14.9. The third kappa shape index (κ3) is 2.46. The molecule has 1 aromatic heterocycles. The predicted octanol–water partition coefficient (Wildman–Crippen LogP) is 3.14. The first-order valence-electron chi connectivity index (χ1n) is 6.85. The van der Waals surface area contributed by atoms with Gasteiger partial charge in [-0.1, -0.05) is 25.1 Å². The minimum atomic E-state index is -0.0420. The number of anilines is 1. The van der Waals surface area contributed by atoms with Crippen LogP contribution in [-0.4, -0.2) is 23.4 Å². The predicted molar refractivity (Wildman–Crippen MR) is 85.5 cm³/mol. The molecule has 0 aliphatic rings. The van der Waals surface area contributed by atoms with Crippen LogP contribution in [0.5, 0.6) is 0 Å². The van der Waals surface area contributed by atoms with Crippen molar-refractivity contribution in [1.29, 1.82) is 5.41 Å². The average molecular weight is 270 g/mol. The molecule has 0 unspecified atom stereocenters. The highest BCUT2D eigenvalue weighted by atomic mass is 15.2. The number of hydrogen-bond donors (Lipinski definition) is 2. The molecule has 2 rings (SSSR count). The van der Waals surface area contributed by atoms with Gasteiger partial charge in [0.25, 0.3) is 0 Å². The summed E-state index contributed by atoms with van der Waals surface area (Å²) in [6.07, 6.45) is 0.981. The molecule has 0 aliphatic heterocycles. The monoisotopic (exact) mass is 270 g/mol. The summed E-state index contributed by atoms with van der Waals surface area (Å²) in [6, 6.07) is 9.85. The fourth-order valence-corrected chi connectivity index (χ4v) is 2.08. The Morgan fingerprint density at radius 2 is 2.00 bits per heavy atom. The Hall–Kier alpha value is -2.10. The summed E-state index contributed by atoms with van der Waals surface area (Å²) >= 11 is 0. The molecule has 0 saturated carbocycles. The largest absolute Gasteiger partial charge is 0.384 e. The molecule has 106 valence electrons. The van der Waals surface area contributed by atoms with Crippen molar-refractivity contribution in [3.8, 4) is 0 Å². The molecule has 2 aromatic rings. The average Bonchev–Trinajstić information content (AvgIpc) is 2.44. The van der Waals surface area contributed by atoms with Crippen LogP contribution in [0.2, 0.25) is 0 Å². The molecule has 3 N–H and O–H groups in total. The van der Waals surface area contributed by atoms with Crippen molar-refractivity contribution in [2.75, 3.05) is 11.9 Å². The van der Waals surface area contributed by atoms with Crippen LogP contribution < -0.4 is 10.6 Å². The van der Waals surface area contributed by atoms with Crippen LogP contribution in [0.3, 0.4) is 0 Å². The van der Waals surface area contributed by atoms with Crippen LogP contribution in [0.25, 0.3) is 10.9 Å². The van der Waals surface area contributed by atoms with Crippen LogP contribution in [0.15, 0.2) is 30.3 Å². The molecule has 0 amide bonds. The van der Waals surface area contributed by atoms with Gasteiger partial charge >= 0.3 is 0 Å². The van der Waals surface area contributed by atoms with Crippen LogP contribution in [0.1, 0.15) is 32.8 Å². The quantitative estimate of drug-likeness (QED) is 0.662. The van der Waals surface area contributed by atoms with Crippen molar-refractivity contribution in [3.05, 3.63) is 35.9 Å². The summed E-state index contributed by atoms with van der Waals surface area (Å²) in [4.78, 5) is 6.82. The van der Waals surface area contributed by atoms with E-state index < -0.39 is 0 Å². The van der Waals surface area contributed by atoms with Crippen LogP contribution >= 0.6 is 0 Å². The Morgan fingerprint density at radius 1 is 1.35 bits per heavy atom. The van der Waals surface area contributed by atoms with E-state index in [0.29, 0.717) is 5.56 Å². The second-order valence-corrected chi connectivity index (χ2v) is 5.69. The summed E-state index contributed by atoms with van der Waals surface area (Å²) in [6.45, 7) is 6.46. The lowest BCUT2D eigenvalue weighted by atomic mass is 9.99. The lowest BCUT2D eigenvalue weighted by molar-refractivity contribution is 0.467. The number of nitrogens with two attached hydrogens (primary N) is 1. The zero-order valence-corrected chi connectivity index (χ0v) is 12.6. The molecule has 4 nitrogen and oxygen atoms in total. The molecule has 1 heterocycles. The van der Waals surface area contributed by atoms with Crippen molar-refractivity contribution in [2.24, 2.45) is 5.73 Å². The van der Waals surface area contributed by atoms with Gasteiger partial charge < -0.3 is 10.6 Å². The van der Waals surface area contributed by atoms with Gasteiger partial charge in [-0.3, -0.25) is 5.41 Å². The van der Waals surface area contributed by atoms with Crippen molar-refractivity contribution in [2.45, 2.75) is 32.7 Å². The number of amidine groups is 1. The van der Waals surface area contributed by atoms with Crippen LogP contribution in [0, 0.1) is 5.41 Å². The Morgan fingerprint density at radius 3 is 2.60 bits per heavy atom. The summed E-state index contributed by atoms with van der Waals surface area (Å²) in [5, 5.41) is 8.82. The van der Waals surface area contributed by atoms with Crippen LogP contribution in [0.4, 0.5) is 5.82 Å². The fraction of sp³-hybridized carbons (Fsp3) is 0.375. The number of pyridine rings is 1. The SMILES string of the molecule is CCC(C)(C)N(C)c1nc2ccccc2cc1C(=N)N. The molecule has 4 heteroatoms. The van der Waals surface area contributed by atoms with Gasteiger partial charge in [-0.25, -0.2) is 4.98 Å². The second-order valence-electron chi connectivity index (χ2n) is 5.69. The molecule has 0 saturated heterocycles. The topological polar surface area (TPSA) is 66.0 Å². The molecule has 20 heavy (non-hydrogen) atoms. The number of nitrogens with zero attached hydrogens (tertiary/aromatic N) is 2. The molecule has 0 atom stereocenters. The van der Waals surface area contributed by atoms with Gasteiger partial charge in [0.2, 0.25) is 0 Å².